The molecule has 13 heavy (non-hydrogen) atoms. The lowest BCUT2D eigenvalue weighted by molar-refractivity contribution is -0.131. The fourth-order valence-electron chi connectivity index (χ4n) is 0.858. The third-order valence-corrected chi connectivity index (χ3v) is 1.53. The fourth-order valence-corrected chi connectivity index (χ4v) is 0.858. The highest BCUT2D eigenvalue weighted by atomic mass is 16.4. The standard InChI is InChI=1S/C9H15NO3/c1-6(2)8(10-7(3)11)4-5-9(12)13/h4-6,8H,1-3H3,(H,10,11)(H,12,13)/b5-4+. The van der Waals surface area contributed by atoms with E-state index in [9.17, 15) is 9.59 Å². The van der Waals surface area contributed by atoms with Gasteiger partial charge in [-0.15, -0.1) is 0 Å². The minimum atomic E-state index is -1.00. The van der Waals surface area contributed by atoms with Gasteiger partial charge in [0.15, 0.2) is 0 Å². The van der Waals surface area contributed by atoms with Crippen molar-refractivity contribution in [1.29, 1.82) is 0 Å². The minimum absolute atomic E-state index is 0.159. The van der Waals surface area contributed by atoms with Crippen LogP contribution < -0.4 is 5.32 Å². The Hall–Kier alpha value is -1.32. The summed E-state index contributed by atoms with van der Waals surface area (Å²) in [6.07, 6.45) is 2.52. The van der Waals surface area contributed by atoms with Gasteiger partial charge in [0.1, 0.15) is 0 Å². The van der Waals surface area contributed by atoms with Gasteiger partial charge in [0.05, 0.1) is 0 Å². The van der Waals surface area contributed by atoms with E-state index in [1.54, 1.807) is 0 Å². The van der Waals surface area contributed by atoms with Crippen molar-refractivity contribution < 1.29 is 14.7 Å². The third kappa shape index (κ3) is 5.90. The van der Waals surface area contributed by atoms with E-state index < -0.39 is 5.97 Å². The van der Waals surface area contributed by atoms with Crippen LogP contribution in [0.4, 0.5) is 0 Å². The van der Waals surface area contributed by atoms with Crippen LogP contribution >= 0.6 is 0 Å². The van der Waals surface area contributed by atoms with E-state index in [0.29, 0.717) is 0 Å². The molecule has 0 saturated heterocycles. The number of amides is 1. The third-order valence-electron chi connectivity index (χ3n) is 1.53. The lowest BCUT2D eigenvalue weighted by atomic mass is 10.0. The number of aliphatic carboxylic acids is 1. The molecule has 0 aliphatic rings. The Kier molecular flexibility index (Phi) is 4.80. The van der Waals surface area contributed by atoms with Gasteiger partial charge in [0.25, 0.3) is 0 Å². The number of carbonyl (C=O) groups excluding carboxylic acids is 1. The topological polar surface area (TPSA) is 66.4 Å². The van der Waals surface area contributed by atoms with Crippen molar-refractivity contribution in [2.45, 2.75) is 26.8 Å². The summed E-state index contributed by atoms with van der Waals surface area (Å²) in [5.41, 5.74) is 0. The molecular weight excluding hydrogens is 170 g/mol. The van der Waals surface area contributed by atoms with Crippen molar-refractivity contribution in [2.24, 2.45) is 5.92 Å². The Morgan fingerprint density at radius 2 is 1.92 bits per heavy atom. The molecule has 1 atom stereocenters. The quantitative estimate of drug-likeness (QED) is 0.636. The van der Waals surface area contributed by atoms with Gasteiger partial charge >= 0.3 is 5.97 Å². The maximum Gasteiger partial charge on any atom is 0.328 e. The minimum Gasteiger partial charge on any atom is -0.478 e. The molecule has 4 nitrogen and oxygen atoms in total. The van der Waals surface area contributed by atoms with Crippen molar-refractivity contribution in [3.05, 3.63) is 12.2 Å². The van der Waals surface area contributed by atoms with Gasteiger partial charge in [0.2, 0.25) is 5.91 Å². The van der Waals surface area contributed by atoms with Gasteiger partial charge in [-0.1, -0.05) is 19.9 Å². The normalized spacial score (nSPS) is 13.2. The highest BCUT2D eigenvalue weighted by Gasteiger charge is 2.10. The summed E-state index contributed by atoms with van der Waals surface area (Å²) < 4.78 is 0. The number of hydrogen-bond acceptors (Lipinski definition) is 2. The summed E-state index contributed by atoms with van der Waals surface area (Å²) in [5, 5.41) is 11.0. The zero-order chi connectivity index (χ0) is 10.4. The first-order valence-electron chi connectivity index (χ1n) is 4.11. The Labute approximate surface area is 77.6 Å². The molecule has 1 unspecified atom stereocenters. The second-order valence-corrected chi connectivity index (χ2v) is 3.17. The largest absolute Gasteiger partial charge is 0.478 e. The molecule has 74 valence electrons. The highest BCUT2D eigenvalue weighted by Crippen LogP contribution is 2.02. The van der Waals surface area contributed by atoms with Gasteiger partial charge in [-0.2, -0.15) is 0 Å². The fraction of sp³-hybridized carbons (Fsp3) is 0.556. The zero-order valence-corrected chi connectivity index (χ0v) is 8.07. The molecular formula is C9H15NO3. The summed E-state index contributed by atoms with van der Waals surface area (Å²) >= 11 is 0. The molecule has 0 aliphatic carbocycles. The van der Waals surface area contributed by atoms with Gasteiger partial charge in [0, 0.05) is 19.0 Å². The molecule has 0 aromatic rings. The van der Waals surface area contributed by atoms with Gasteiger partial charge in [-0.25, -0.2) is 4.79 Å². The molecule has 4 heteroatoms. The van der Waals surface area contributed by atoms with E-state index >= 15 is 0 Å². The van der Waals surface area contributed by atoms with Gasteiger partial charge in [-0.3, -0.25) is 4.79 Å². The monoisotopic (exact) mass is 185 g/mol. The Morgan fingerprint density at radius 1 is 1.38 bits per heavy atom. The average molecular weight is 185 g/mol. The number of rotatable bonds is 4. The predicted molar refractivity (Wildman–Crippen MR) is 49.2 cm³/mol. The van der Waals surface area contributed by atoms with Crippen molar-refractivity contribution in [3.8, 4) is 0 Å². The van der Waals surface area contributed by atoms with E-state index in [1.807, 2.05) is 13.8 Å². The molecule has 2 N–H and O–H groups in total. The molecule has 0 spiro atoms. The predicted octanol–water partition coefficient (Wildman–Crippen LogP) is 0.788. The van der Waals surface area contributed by atoms with Crippen LogP contribution in [0.2, 0.25) is 0 Å². The first-order valence-corrected chi connectivity index (χ1v) is 4.11. The molecule has 0 fully saturated rings. The smallest absolute Gasteiger partial charge is 0.328 e. The average Bonchev–Trinajstić information content (AvgIpc) is 1.96. The van der Waals surface area contributed by atoms with Crippen LogP contribution in [0, 0.1) is 5.92 Å². The maximum atomic E-state index is 10.7. The summed E-state index contributed by atoms with van der Waals surface area (Å²) in [6, 6.07) is -0.214. The number of hydrogen-bond donors (Lipinski definition) is 2. The van der Waals surface area contributed by atoms with E-state index in [2.05, 4.69) is 5.32 Å². The van der Waals surface area contributed by atoms with Crippen LogP contribution in [0.15, 0.2) is 12.2 Å². The molecule has 0 saturated carbocycles. The van der Waals surface area contributed by atoms with Crippen molar-refractivity contribution in [1.82, 2.24) is 5.32 Å². The van der Waals surface area contributed by atoms with Crippen LogP contribution in [-0.2, 0) is 9.59 Å². The highest BCUT2D eigenvalue weighted by molar-refractivity contribution is 5.80. The van der Waals surface area contributed by atoms with Gasteiger partial charge < -0.3 is 10.4 Å². The lowest BCUT2D eigenvalue weighted by Gasteiger charge is -2.17. The molecule has 0 bridgehead atoms. The summed E-state index contributed by atoms with van der Waals surface area (Å²) in [4.78, 5) is 20.9. The molecule has 0 aromatic heterocycles. The van der Waals surface area contributed by atoms with E-state index in [-0.39, 0.29) is 17.9 Å². The zero-order valence-electron chi connectivity index (χ0n) is 8.07. The van der Waals surface area contributed by atoms with Gasteiger partial charge in [-0.05, 0) is 5.92 Å². The molecule has 0 heterocycles. The number of nitrogens with one attached hydrogen (secondary N) is 1. The van der Waals surface area contributed by atoms with E-state index in [1.165, 1.54) is 13.0 Å². The second kappa shape index (κ2) is 5.35. The first kappa shape index (κ1) is 11.7. The first-order chi connectivity index (χ1) is 5.93. The van der Waals surface area contributed by atoms with Crippen LogP contribution in [0.25, 0.3) is 0 Å². The summed E-state index contributed by atoms with van der Waals surface area (Å²) in [6.45, 7) is 5.23. The van der Waals surface area contributed by atoms with Crippen LogP contribution in [0.3, 0.4) is 0 Å². The molecule has 0 aliphatic heterocycles. The molecule has 1 amide bonds. The summed E-state index contributed by atoms with van der Waals surface area (Å²) in [5.74, 6) is -0.982. The van der Waals surface area contributed by atoms with Crippen LogP contribution in [-0.4, -0.2) is 23.0 Å². The number of carboxylic acid groups (broad SMARTS) is 1. The lowest BCUT2D eigenvalue weighted by Crippen LogP contribution is -2.35. The SMILES string of the molecule is CC(=O)NC(/C=C/C(=O)O)C(C)C. The molecule has 0 aromatic carbocycles. The van der Waals surface area contributed by atoms with Crippen LogP contribution in [0.1, 0.15) is 20.8 Å². The van der Waals surface area contributed by atoms with Crippen LogP contribution in [0.5, 0.6) is 0 Å². The number of carboxylic acids is 1. The summed E-state index contributed by atoms with van der Waals surface area (Å²) in [7, 11) is 0. The Balaban J connectivity index is 4.26. The Morgan fingerprint density at radius 3 is 2.23 bits per heavy atom. The van der Waals surface area contributed by atoms with E-state index in [4.69, 9.17) is 5.11 Å². The van der Waals surface area contributed by atoms with Crippen molar-refractivity contribution >= 4 is 11.9 Å². The maximum absolute atomic E-state index is 10.7. The number of carbonyl (C=O) groups is 2. The molecule has 0 rings (SSSR count). The van der Waals surface area contributed by atoms with Crippen molar-refractivity contribution in [2.75, 3.05) is 0 Å². The molecule has 0 radical (unpaired) electrons. The Bertz CT molecular complexity index is 221. The second-order valence-electron chi connectivity index (χ2n) is 3.17. The van der Waals surface area contributed by atoms with Crippen molar-refractivity contribution in [3.63, 3.8) is 0 Å². The van der Waals surface area contributed by atoms with E-state index in [0.717, 1.165) is 6.08 Å².